The Balaban J connectivity index is 2.52. The van der Waals surface area contributed by atoms with Gasteiger partial charge in [0.1, 0.15) is 5.69 Å². The summed E-state index contributed by atoms with van der Waals surface area (Å²) in [5, 5.41) is 17.4. The highest BCUT2D eigenvalue weighted by Crippen LogP contribution is 2.25. The van der Waals surface area contributed by atoms with Crippen molar-refractivity contribution in [1.29, 1.82) is 0 Å². The molecule has 0 bridgehead atoms. The number of aromatic nitrogens is 3. The van der Waals surface area contributed by atoms with Crippen molar-refractivity contribution < 1.29 is 14.6 Å². The van der Waals surface area contributed by atoms with Gasteiger partial charge in [0.2, 0.25) is 0 Å². The van der Waals surface area contributed by atoms with Crippen molar-refractivity contribution in [3.63, 3.8) is 0 Å². The van der Waals surface area contributed by atoms with E-state index in [4.69, 9.17) is 33.0 Å². The fraction of sp³-hybridized carbons (Fsp3) is 0.250. The van der Waals surface area contributed by atoms with Gasteiger partial charge in [-0.2, -0.15) is 0 Å². The Labute approximate surface area is 124 Å². The van der Waals surface area contributed by atoms with Crippen LogP contribution in [0.15, 0.2) is 18.2 Å². The molecule has 0 saturated heterocycles. The van der Waals surface area contributed by atoms with Gasteiger partial charge in [-0.3, -0.25) is 0 Å². The standard InChI is InChI=1S/C12H11Cl2N3O3/c1-2-20-6-10-11(12(18)19)15-16-17(10)9-4-3-7(13)5-8(9)14/h3-5H,2,6H2,1H3,(H,18,19). The molecule has 0 saturated carbocycles. The number of halogens is 2. The predicted octanol–water partition coefficient (Wildman–Crippen LogP) is 2.81. The average Bonchev–Trinajstić information content (AvgIpc) is 2.80. The second-order valence-electron chi connectivity index (χ2n) is 3.83. The van der Waals surface area contributed by atoms with E-state index in [2.05, 4.69) is 10.3 Å². The first kappa shape index (κ1) is 14.8. The summed E-state index contributed by atoms with van der Waals surface area (Å²) in [6.45, 7) is 2.33. The molecule has 1 aromatic heterocycles. The first-order valence-corrected chi connectivity index (χ1v) is 6.51. The number of hydrogen-bond acceptors (Lipinski definition) is 4. The maximum absolute atomic E-state index is 11.1. The van der Waals surface area contributed by atoms with Crippen molar-refractivity contribution in [3.8, 4) is 5.69 Å². The zero-order chi connectivity index (χ0) is 14.7. The van der Waals surface area contributed by atoms with Crippen LogP contribution in [0.1, 0.15) is 23.1 Å². The normalized spacial score (nSPS) is 10.8. The molecular weight excluding hydrogens is 305 g/mol. The van der Waals surface area contributed by atoms with Gasteiger partial charge < -0.3 is 9.84 Å². The van der Waals surface area contributed by atoms with Gasteiger partial charge in [-0.15, -0.1) is 5.10 Å². The van der Waals surface area contributed by atoms with Gasteiger partial charge in [0.15, 0.2) is 5.69 Å². The Hall–Kier alpha value is -1.63. The number of nitrogens with zero attached hydrogens (tertiary/aromatic N) is 3. The van der Waals surface area contributed by atoms with Gasteiger partial charge in [-0.05, 0) is 25.1 Å². The Morgan fingerprint density at radius 1 is 1.45 bits per heavy atom. The Kier molecular flexibility index (Phi) is 4.59. The van der Waals surface area contributed by atoms with Crippen molar-refractivity contribution in [2.45, 2.75) is 13.5 Å². The third-order valence-corrected chi connectivity index (χ3v) is 3.08. The summed E-state index contributed by atoms with van der Waals surface area (Å²) in [5.41, 5.74) is 0.652. The summed E-state index contributed by atoms with van der Waals surface area (Å²) < 4.78 is 6.61. The lowest BCUT2D eigenvalue weighted by atomic mass is 10.3. The quantitative estimate of drug-likeness (QED) is 0.918. The van der Waals surface area contributed by atoms with Crippen LogP contribution in [-0.2, 0) is 11.3 Å². The molecule has 2 aromatic rings. The summed E-state index contributed by atoms with van der Waals surface area (Å²) in [6.07, 6.45) is 0. The fourth-order valence-corrected chi connectivity index (χ4v) is 2.13. The second-order valence-corrected chi connectivity index (χ2v) is 4.68. The van der Waals surface area contributed by atoms with Crippen LogP contribution in [0.25, 0.3) is 5.69 Å². The number of ether oxygens (including phenoxy) is 1. The van der Waals surface area contributed by atoms with Crippen molar-refractivity contribution in [2.75, 3.05) is 6.61 Å². The van der Waals surface area contributed by atoms with E-state index in [0.29, 0.717) is 28.0 Å². The third kappa shape index (κ3) is 2.92. The lowest BCUT2D eigenvalue weighted by Gasteiger charge is -2.09. The minimum absolute atomic E-state index is 0.0735. The molecule has 0 unspecified atom stereocenters. The van der Waals surface area contributed by atoms with Gasteiger partial charge in [0.25, 0.3) is 0 Å². The molecule has 0 aliphatic rings. The summed E-state index contributed by atoms with van der Waals surface area (Å²) in [4.78, 5) is 11.1. The van der Waals surface area contributed by atoms with Crippen LogP contribution in [0.3, 0.4) is 0 Å². The number of carboxylic acid groups (broad SMARTS) is 1. The molecule has 0 spiro atoms. The Morgan fingerprint density at radius 2 is 2.20 bits per heavy atom. The third-order valence-electron chi connectivity index (χ3n) is 2.55. The topological polar surface area (TPSA) is 77.2 Å². The minimum atomic E-state index is -1.17. The SMILES string of the molecule is CCOCc1c(C(=O)O)nnn1-c1ccc(Cl)cc1Cl. The van der Waals surface area contributed by atoms with Crippen LogP contribution >= 0.6 is 23.2 Å². The first-order chi connectivity index (χ1) is 9.54. The lowest BCUT2D eigenvalue weighted by molar-refractivity contribution is 0.0681. The van der Waals surface area contributed by atoms with E-state index in [-0.39, 0.29) is 12.3 Å². The van der Waals surface area contributed by atoms with Gasteiger partial charge >= 0.3 is 5.97 Å². The van der Waals surface area contributed by atoms with Gasteiger partial charge in [0, 0.05) is 11.6 Å². The van der Waals surface area contributed by atoms with E-state index in [1.807, 2.05) is 6.92 Å². The summed E-state index contributed by atoms with van der Waals surface area (Å²) in [5.74, 6) is -1.17. The summed E-state index contributed by atoms with van der Waals surface area (Å²) in [7, 11) is 0. The molecule has 0 aliphatic heterocycles. The molecule has 20 heavy (non-hydrogen) atoms. The van der Waals surface area contributed by atoms with Crippen molar-refractivity contribution >= 4 is 29.2 Å². The average molecular weight is 316 g/mol. The van der Waals surface area contributed by atoms with E-state index in [9.17, 15) is 4.79 Å². The molecule has 0 fully saturated rings. The summed E-state index contributed by atoms with van der Waals surface area (Å²) in [6, 6.07) is 4.82. The zero-order valence-electron chi connectivity index (χ0n) is 10.5. The number of aromatic carboxylic acids is 1. The van der Waals surface area contributed by atoms with E-state index in [1.165, 1.54) is 4.68 Å². The molecule has 106 valence electrons. The Bertz CT molecular complexity index is 643. The van der Waals surface area contributed by atoms with E-state index in [0.717, 1.165) is 0 Å². The molecular formula is C12H11Cl2N3O3. The molecule has 1 N–H and O–H groups in total. The Morgan fingerprint density at radius 3 is 2.80 bits per heavy atom. The molecule has 6 nitrogen and oxygen atoms in total. The number of carboxylic acids is 1. The maximum atomic E-state index is 11.1. The number of carbonyl (C=O) groups is 1. The van der Waals surface area contributed by atoms with E-state index < -0.39 is 5.97 Å². The molecule has 1 aromatic carbocycles. The van der Waals surface area contributed by atoms with Crippen LogP contribution < -0.4 is 0 Å². The molecule has 8 heteroatoms. The second kappa shape index (κ2) is 6.21. The van der Waals surface area contributed by atoms with Crippen LogP contribution in [0.5, 0.6) is 0 Å². The smallest absolute Gasteiger partial charge is 0.358 e. The van der Waals surface area contributed by atoms with Gasteiger partial charge in [-0.25, -0.2) is 9.48 Å². The largest absolute Gasteiger partial charge is 0.476 e. The number of hydrogen-bond donors (Lipinski definition) is 1. The van der Waals surface area contributed by atoms with Gasteiger partial charge in [0.05, 0.1) is 17.3 Å². The minimum Gasteiger partial charge on any atom is -0.476 e. The highest BCUT2D eigenvalue weighted by atomic mass is 35.5. The van der Waals surface area contributed by atoms with Crippen molar-refractivity contribution in [3.05, 3.63) is 39.6 Å². The lowest BCUT2D eigenvalue weighted by Crippen LogP contribution is -2.09. The fourth-order valence-electron chi connectivity index (χ4n) is 1.64. The molecule has 1 heterocycles. The zero-order valence-corrected chi connectivity index (χ0v) is 12.0. The maximum Gasteiger partial charge on any atom is 0.358 e. The van der Waals surface area contributed by atoms with Crippen LogP contribution in [0, 0.1) is 0 Å². The van der Waals surface area contributed by atoms with Crippen LogP contribution in [0.4, 0.5) is 0 Å². The monoisotopic (exact) mass is 315 g/mol. The number of rotatable bonds is 5. The van der Waals surface area contributed by atoms with Crippen molar-refractivity contribution in [1.82, 2.24) is 15.0 Å². The van der Waals surface area contributed by atoms with Crippen molar-refractivity contribution in [2.24, 2.45) is 0 Å². The molecule has 0 amide bonds. The molecule has 0 radical (unpaired) electrons. The predicted molar refractivity (Wildman–Crippen MR) is 73.7 cm³/mol. The van der Waals surface area contributed by atoms with Crippen LogP contribution in [-0.4, -0.2) is 32.7 Å². The highest BCUT2D eigenvalue weighted by Gasteiger charge is 2.21. The molecule has 2 rings (SSSR count). The van der Waals surface area contributed by atoms with E-state index >= 15 is 0 Å². The molecule has 0 aliphatic carbocycles. The van der Waals surface area contributed by atoms with Gasteiger partial charge in [-0.1, -0.05) is 28.4 Å². The number of benzene rings is 1. The first-order valence-electron chi connectivity index (χ1n) is 5.75. The van der Waals surface area contributed by atoms with E-state index in [1.54, 1.807) is 18.2 Å². The summed E-state index contributed by atoms with van der Waals surface area (Å²) >= 11 is 11.9. The van der Waals surface area contributed by atoms with Crippen LogP contribution in [0.2, 0.25) is 10.0 Å². The highest BCUT2D eigenvalue weighted by molar-refractivity contribution is 6.35. The molecule has 0 atom stereocenters.